The van der Waals surface area contributed by atoms with E-state index < -0.39 is 10.0 Å². The van der Waals surface area contributed by atoms with Crippen LogP contribution in [-0.4, -0.2) is 45.5 Å². The SMILES string of the molecule is CC(C)C[C@H]1COc2cc(N3CCCC3)ccc2S(=O)(=O)N1C. The van der Waals surface area contributed by atoms with E-state index in [9.17, 15) is 8.42 Å². The molecule has 6 heteroatoms. The van der Waals surface area contributed by atoms with Crippen LogP contribution in [0.15, 0.2) is 23.1 Å². The van der Waals surface area contributed by atoms with E-state index in [1.165, 1.54) is 17.1 Å². The van der Waals surface area contributed by atoms with E-state index in [-0.39, 0.29) is 10.9 Å². The molecule has 0 N–H and O–H groups in total. The molecule has 0 bridgehead atoms. The van der Waals surface area contributed by atoms with E-state index in [1.54, 1.807) is 13.1 Å². The average molecular weight is 338 g/mol. The van der Waals surface area contributed by atoms with Crippen molar-refractivity contribution in [3.05, 3.63) is 18.2 Å². The topological polar surface area (TPSA) is 49.9 Å². The van der Waals surface area contributed by atoms with E-state index in [0.717, 1.165) is 25.2 Å². The van der Waals surface area contributed by atoms with Crippen LogP contribution in [0.25, 0.3) is 0 Å². The molecular formula is C17H26N2O3S. The summed E-state index contributed by atoms with van der Waals surface area (Å²) in [5.74, 6) is 0.912. The van der Waals surface area contributed by atoms with Gasteiger partial charge in [-0.25, -0.2) is 8.42 Å². The molecule has 1 atom stereocenters. The van der Waals surface area contributed by atoms with E-state index in [1.807, 2.05) is 12.1 Å². The molecule has 2 aliphatic heterocycles. The Morgan fingerprint density at radius 2 is 1.96 bits per heavy atom. The second kappa shape index (κ2) is 6.32. The zero-order chi connectivity index (χ0) is 16.6. The molecule has 0 amide bonds. The van der Waals surface area contributed by atoms with Crippen LogP contribution in [0, 0.1) is 5.92 Å². The van der Waals surface area contributed by atoms with Crippen molar-refractivity contribution in [2.75, 3.05) is 31.6 Å². The third kappa shape index (κ3) is 3.19. The first-order chi connectivity index (χ1) is 10.9. The second-order valence-corrected chi connectivity index (χ2v) is 8.91. The van der Waals surface area contributed by atoms with E-state index in [0.29, 0.717) is 18.3 Å². The minimum Gasteiger partial charge on any atom is -0.490 e. The summed E-state index contributed by atoms with van der Waals surface area (Å²) < 4.78 is 33.2. The van der Waals surface area contributed by atoms with Crippen LogP contribution in [0.4, 0.5) is 5.69 Å². The Bertz CT molecular complexity index is 666. The number of rotatable bonds is 3. The van der Waals surface area contributed by atoms with Gasteiger partial charge in [-0.15, -0.1) is 0 Å². The van der Waals surface area contributed by atoms with Gasteiger partial charge in [-0.3, -0.25) is 0 Å². The first-order valence-corrected chi connectivity index (χ1v) is 9.83. The molecule has 2 heterocycles. The van der Waals surface area contributed by atoms with E-state index in [2.05, 4.69) is 18.7 Å². The van der Waals surface area contributed by atoms with Gasteiger partial charge in [0.1, 0.15) is 17.3 Å². The lowest BCUT2D eigenvalue weighted by Gasteiger charge is -2.25. The quantitative estimate of drug-likeness (QED) is 0.850. The summed E-state index contributed by atoms with van der Waals surface area (Å²) in [5, 5.41) is 0. The monoisotopic (exact) mass is 338 g/mol. The predicted molar refractivity (Wildman–Crippen MR) is 91.6 cm³/mol. The summed E-state index contributed by atoms with van der Waals surface area (Å²) in [5.41, 5.74) is 1.06. The van der Waals surface area contributed by atoms with Crippen molar-refractivity contribution < 1.29 is 13.2 Å². The lowest BCUT2D eigenvalue weighted by atomic mass is 10.0. The van der Waals surface area contributed by atoms with Crippen molar-refractivity contribution in [3.8, 4) is 5.75 Å². The molecule has 0 spiro atoms. The molecule has 0 aromatic heterocycles. The highest BCUT2D eigenvalue weighted by atomic mass is 32.2. The molecule has 128 valence electrons. The Labute approximate surface area is 139 Å². The van der Waals surface area contributed by atoms with Gasteiger partial charge < -0.3 is 9.64 Å². The Morgan fingerprint density at radius 3 is 2.61 bits per heavy atom. The zero-order valence-corrected chi connectivity index (χ0v) is 15.0. The summed E-state index contributed by atoms with van der Waals surface area (Å²) in [6.07, 6.45) is 3.17. The van der Waals surface area contributed by atoms with Crippen LogP contribution in [-0.2, 0) is 10.0 Å². The molecule has 0 aliphatic carbocycles. The van der Waals surface area contributed by atoms with Gasteiger partial charge in [0.25, 0.3) is 0 Å². The van der Waals surface area contributed by atoms with Crippen molar-refractivity contribution in [1.82, 2.24) is 4.31 Å². The Balaban J connectivity index is 1.95. The summed E-state index contributed by atoms with van der Waals surface area (Å²) in [6, 6.07) is 5.38. The summed E-state index contributed by atoms with van der Waals surface area (Å²) in [4.78, 5) is 2.57. The van der Waals surface area contributed by atoms with Gasteiger partial charge in [-0.1, -0.05) is 13.8 Å². The Hall–Kier alpha value is -1.27. The largest absolute Gasteiger partial charge is 0.490 e. The summed E-state index contributed by atoms with van der Waals surface area (Å²) in [7, 11) is -1.84. The average Bonchev–Trinajstić information content (AvgIpc) is 3.01. The fourth-order valence-electron chi connectivity index (χ4n) is 3.40. The number of fused-ring (bicyclic) bond motifs is 1. The summed E-state index contributed by atoms with van der Waals surface area (Å²) in [6.45, 7) is 6.67. The maximum atomic E-state index is 12.9. The molecule has 5 nitrogen and oxygen atoms in total. The highest BCUT2D eigenvalue weighted by Crippen LogP contribution is 2.35. The Morgan fingerprint density at radius 1 is 1.26 bits per heavy atom. The van der Waals surface area contributed by atoms with Gasteiger partial charge in [-0.2, -0.15) is 4.31 Å². The molecule has 3 rings (SSSR count). The van der Waals surface area contributed by atoms with Gasteiger partial charge in [0, 0.05) is 31.9 Å². The van der Waals surface area contributed by atoms with Crippen LogP contribution in [0.3, 0.4) is 0 Å². The molecule has 1 aromatic rings. The minimum absolute atomic E-state index is 0.123. The van der Waals surface area contributed by atoms with Gasteiger partial charge >= 0.3 is 0 Å². The molecular weight excluding hydrogens is 312 g/mol. The third-order valence-electron chi connectivity index (χ3n) is 4.74. The molecule has 1 aromatic carbocycles. The number of hydrogen-bond acceptors (Lipinski definition) is 4. The smallest absolute Gasteiger partial charge is 0.246 e. The molecule has 2 aliphatic rings. The van der Waals surface area contributed by atoms with Crippen LogP contribution in [0.2, 0.25) is 0 Å². The van der Waals surface area contributed by atoms with Crippen LogP contribution < -0.4 is 9.64 Å². The number of anilines is 1. The van der Waals surface area contributed by atoms with Crippen LogP contribution in [0.5, 0.6) is 5.75 Å². The van der Waals surface area contributed by atoms with Crippen molar-refractivity contribution >= 4 is 15.7 Å². The minimum atomic E-state index is -3.50. The lowest BCUT2D eigenvalue weighted by molar-refractivity contribution is 0.207. The van der Waals surface area contributed by atoms with Crippen molar-refractivity contribution in [1.29, 1.82) is 0 Å². The fraction of sp³-hybridized carbons (Fsp3) is 0.647. The predicted octanol–water partition coefficient (Wildman–Crippen LogP) is 2.71. The molecule has 0 saturated carbocycles. The number of hydrogen-bond donors (Lipinski definition) is 0. The van der Waals surface area contributed by atoms with Gasteiger partial charge in [0.2, 0.25) is 10.0 Å². The first kappa shape index (κ1) is 16.6. The Kier molecular flexibility index (Phi) is 4.56. The standard InChI is InChI=1S/C17H26N2O3S/c1-13(2)10-15-12-22-16-11-14(19-8-4-5-9-19)6-7-17(16)23(20,21)18(15)3/h6-7,11,13,15H,4-5,8-10,12H2,1-3H3/t15-/m0/s1. The third-order valence-corrected chi connectivity index (χ3v) is 6.69. The second-order valence-electron chi connectivity index (χ2n) is 6.94. The molecule has 1 saturated heterocycles. The molecule has 1 fully saturated rings. The maximum Gasteiger partial charge on any atom is 0.246 e. The van der Waals surface area contributed by atoms with Crippen LogP contribution in [0.1, 0.15) is 33.1 Å². The van der Waals surface area contributed by atoms with E-state index in [4.69, 9.17) is 4.74 Å². The first-order valence-electron chi connectivity index (χ1n) is 8.39. The zero-order valence-electron chi connectivity index (χ0n) is 14.2. The fourth-order valence-corrected chi connectivity index (χ4v) is 4.86. The van der Waals surface area contributed by atoms with Crippen molar-refractivity contribution in [2.24, 2.45) is 5.92 Å². The number of nitrogens with zero attached hydrogens (tertiary/aromatic N) is 2. The molecule has 0 unspecified atom stereocenters. The highest BCUT2D eigenvalue weighted by Gasteiger charge is 2.35. The highest BCUT2D eigenvalue weighted by molar-refractivity contribution is 7.89. The van der Waals surface area contributed by atoms with Gasteiger partial charge in [0.15, 0.2) is 0 Å². The van der Waals surface area contributed by atoms with Gasteiger partial charge in [0.05, 0.1) is 6.04 Å². The lowest BCUT2D eigenvalue weighted by Crippen LogP contribution is -2.39. The van der Waals surface area contributed by atoms with Gasteiger partial charge in [-0.05, 0) is 37.3 Å². The molecule has 23 heavy (non-hydrogen) atoms. The molecule has 0 radical (unpaired) electrons. The number of ether oxygens (including phenoxy) is 1. The van der Waals surface area contributed by atoms with Crippen molar-refractivity contribution in [2.45, 2.75) is 44.0 Å². The number of sulfonamides is 1. The number of likely N-dealkylation sites (N-methyl/N-ethyl adjacent to an activating group) is 1. The van der Waals surface area contributed by atoms with E-state index >= 15 is 0 Å². The number of benzene rings is 1. The summed E-state index contributed by atoms with van der Waals surface area (Å²) >= 11 is 0. The normalized spacial score (nSPS) is 24.3. The maximum absolute atomic E-state index is 12.9. The van der Waals surface area contributed by atoms with Crippen molar-refractivity contribution in [3.63, 3.8) is 0 Å². The van der Waals surface area contributed by atoms with Crippen LogP contribution >= 0.6 is 0 Å².